The number of morpholine rings is 1. The van der Waals surface area contributed by atoms with Gasteiger partial charge in [0.05, 0.1) is 23.3 Å². The van der Waals surface area contributed by atoms with E-state index in [2.05, 4.69) is 4.74 Å². The molecule has 0 aromatic heterocycles. The van der Waals surface area contributed by atoms with E-state index in [1.807, 2.05) is 0 Å². The molecule has 6 N–H and O–H groups in total. The van der Waals surface area contributed by atoms with Crippen molar-refractivity contribution in [3.8, 4) is 0 Å². The monoisotopic (exact) mass is 440 g/mol. The van der Waals surface area contributed by atoms with E-state index in [0.717, 1.165) is 12.1 Å². The molecule has 1 aliphatic heterocycles. The standard InChI is InChI=1S/C16H19B2FN2O10/c17-13(22)15(24,25)20(16(26,27)14(18,23)31-13)10-3-8(4-11(6-10)21(28)29)7-30-12-2-1-9(19)5-12/h3-4,6,9,12,22-27H,1-2,5,7H2. The van der Waals surface area contributed by atoms with Crippen LogP contribution >= 0.6 is 0 Å². The van der Waals surface area contributed by atoms with Gasteiger partial charge in [-0.25, -0.2) is 4.39 Å². The van der Waals surface area contributed by atoms with Crippen LogP contribution < -0.4 is 4.90 Å². The number of ether oxygens (including phenoxy) is 2. The lowest BCUT2D eigenvalue weighted by molar-refractivity contribution is -0.473. The van der Waals surface area contributed by atoms with Gasteiger partial charge in [-0.15, -0.1) is 0 Å². The smallest absolute Gasteiger partial charge is 0.297 e. The molecule has 2 fully saturated rings. The first-order chi connectivity index (χ1) is 14.1. The van der Waals surface area contributed by atoms with Crippen LogP contribution in [0, 0.1) is 10.1 Å². The first-order valence-electron chi connectivity index (χ1n) is 9.05. The molecule has 15 heteroatoms. The van der Waals surface area contributed by atoms with Crippen LogP contribution in [-0.4, -0.2) is 86.7 Å². The second kappa shape index (κ2) is 7.64. The molecule has 4 atom stereocenters. The lowest BCUT2D eigenvalue weighted by Gasteiger charge is -2.59. The summed E-state index contributed by atoms with van der Waals surface area (Å²) in [5, 5.41) is 72.5. The number of aliphatic hydroxyl groups is 6. The summed E-state index contributed by atoms with van der Waals surface area (Å²) in [6.07, 6.45) is -0.609. The average molecular weight is 440 g/mol. The fraction of sp³-hybridized carbons (Fsp3) is 0.625. The van der Waals surface area contributed by atoms with E-state index in [9.17, 15) is 45.1 Å². The van der Waals surface area contributed by atoms with Gasteiger partial charge in [0.1, 0.15) is 6.17 Å². The van der Waals surface area contributed by atoms with Crippen LogP contribution in [0.2, 0.25) is 0 Å². The second-order valence-electron chi connectivity index (χ2n) is 7.56. The van der Waals surface area contributed by atoms with Crippen molar-refractivity contribution in [3.63, 3.8) is 0 Å². The Morgan fingerprint density at radius 2 is 1.71 bits per heavy atom. The normalized spacial score (nSPS) is 34.6. The van der Waals surface area contributed by atoms with Gasteiger partial charge in [-0.2, -0.15) is 0 Å². The molecule has 0 spiro atoms. The van der Waals surface area contributed by atoms with Gasteiger partial charge in [0.25, 0.3) is 17.5 Å². The number of alkyl halides is 1. The summed E-state index contributed by atoms with van der Waals surface area (Å²) in [4.78, 5) is 10.2. The minimum atomic E-state index is -3.86. The van der Waals surface area contributed by atoms with Gasteiger partial charge in [-0.1, -0.05) is 0 Å². The third-order valence-corrected chi connectivity index (χ3v) is 5.13. The Balaban J connectivity index is 2.04. The van der Waals surface area contributed by atoms with Crippen LogP contribution in [0.25, 0.3) is 0 Å². The number of halogens is 1. The molecular weight excluding hydrogens is 421 g/mol. The number of hydrogen-bond acceptors (Lipinski definition) is 11. The minimum absolute atomic E-state index is 0.0331. The molecule has 0 bridgehead atoms. The quantitative estimate of drug-likeness (QED) is 0.126. The Hall–Kier alpha value is -1.84. The number of hydrogen-bond donors (Lipinski definition) is 6. The zero-order valence-corrected chi connectivity index (χ0v) is 16.0. The molecule has 1 aromatic rings. The summed E-state index contributed by atoms with van der Waals surface area (Å²) in [7, 11) is 10.4. The van der Waals surface area contributed by atoms with Crippen molar-refractivity contribution >= 4 is 27.1 Å². The molecule has 31 heavy (non-hydrogen) atoms. The van der Waals surface area contributed by atoms with E-state index in [-0.39, 0.29) is 23.5 Å². The van der Waals surface area contributed by atoms with Crippen molar-refractivity contribution in [1.82, 2.24) is 0 Å². The van der Waals surface area contributed by atoms with Gasteiger partial charge < -0.3 is 40.1 Å². The highest BCUT2D eigenvalue weighted by molar-refractivity contribution is 6.17. The highest BCUT2D eigenvalue weighted by atomic mass is 19.1. The van der Waals surface area contributed by atoms with Crippen LogP contribution in [0.5, 0.6) is 0 Å². The number of benzene rings is 1. The lowest BCUT2D eigenvalue weighted by Crippen LogP contribution is -2.85. The molecule has 4 radical (unpaired) electrons. The fourth-order valence-corrected chi connectivity index (χ4v) is 3.50. The van der Waals surface area contributed by atoms with Crippen LogP contribution in [-0.2, 0) is 16.1 Å². The molecule has 12 nitrogen and oxygen atoms in total. The fourth-order valence-electron chi connectivity index (χ4n) is 3.50. The largest absolute Gasteiger partial charge is 0.373 e. The summed E-state index contributed by atoms with van der Waals surface area (Å²) in [5.74, 6) is -7.72. The first-order valence-corrected chi connectivity index (χ1v) is 9.05. The topological polar surface area (TPSA) is 186 Å². The van der Waals surface area contributed by atoms with Crippen LogP contribution in [0.4, 0.5) is 15.8 Å². The van der Waals surface area contributed by atoms with Crippen molar-refractivity contribution in [2.45, 2.75) is 61.3 Å². The van der Waals surface area contributed by atoms with Crippen molar-refractivity contribution in [2.75, 3.05) is 4.90 Å². The first kappa shape index (κ1) is 23.8. The molecule has 1 saturated heterocycles. The zero-order valence-electron chi connectivity index (χ0n) is 16.0. The second-order valence-corrected chi connectivity index (χ2v) is 7.56. The van der Waals surface area contributed by atoms with Gasteiger partial charge in [0.15, 0.2) is 27.1 Å². The maximum absolute atomic E-state index is 13.3. The molecule has 1 saturated carbocycles. The third kappa shape index (κ3) is 4.15. The van der Waals surface area contributed by atoms with Crippen molar-refractivity contribution in [2.24, 2.45) is 0 Å². The zero-order chi connectivity index (χ0) is 23.4. The molecule has 1 aliphatic carbocycles. The molecule has 4 unspecified atom stereocenters. The van der Waals surface area contributed by atoms with Gasteiger partial charge in [-0.05, 0) is 24.5 Å². The molecule has 166 valence electrons. The van der Waals surface area contributed by atoms with E-state index >= 15 is 0 Å². The molecule has 0 amide bonds. The summed E-state index contributed by atoms with van der Waals surface area (Å²) in [6.45, 7) is -0.288. The maximum Gasteiger partial charge on any atom is 0.297 e. The maximum atomic E-state index is 13.3. The van der Waals surface area contributed by atoms with E-state index in [0.29, 0.717) is 18.9 Å². The SMILES string of the molecule is [B]C1(O)OC([B])(O)C(O)(O)N(c2cc(COC3CCC(F)C3)cc([N+](=O)[O-])c2)C1(O)O. The average Bonchev–Trinajstić information content (AvgIpc) is 3.02. The van der Waals surface area contributed by atoms with E-state index in [4.69, 9.17) is 20.4 Å². The van der Waals surface area contributed by atoms with Gasteiger partial charge in [0.2, 0.25) is 0 Å². The molecule has 2 aliphatic rings. The molecule has 1 heterocycles. The minimum Gasteiger partial charge on any atom is -0.373 e. The Labute approximate surface area is 177 Å². The van der Waals surface area contributed by atoms with Crippen molar-refractivity contribution < 1.29 is 49.4 Å². The van der Waals surface area contributed by atoms with Crippen LogP contribution in [0.3, 0.4) is 0 Å². The molecule has 1 aromatic carbocycles. The van der Waals surface area contributed by atoms with Crippen molar-refractivity contribution in [3.05, 3.63) is 33.9 Å². The Kier molecular flexibility index (Phi) is 5.87. The molecular formula is C16H19B2FN2O10. The number of nitro groups is 1. The predicted molar refractivity (Wildman–Crippen MR) is 99.7 cm³/mol. The lowest BCUT2D eigenvalue weighted by atomic mass is 9.79. The van der Waals surface area contributed by atoms with E-state index < -0.39 is 51.8 Å². The number of nitrogens with zero attached hydrogens (tertiary/aromatic N) is 2. The van der Waals surface area contributed by atoms with Gasteiger partial charge in [-0.3, -0.25) is 15.0 Å². The number of rotatable bonds is 5. The number of non-ortho nitro benzene ring substituents is 1. The van der Waals surface area contributed by atoms with Crippen LogP contribution in [0.15, 0.2) is 18.2 Å². The number of anilines is 1. The summed E-state index contributed by atoms with van der Waals surface area (Å²) >= 11 is 0. The summed E-state index contributed by atoms with van der Waals surface area (Å²) < 4.78 is 23.0. The van der Waals surface area contributed by atoms with E-state index in [1.165, 1.54) is 0 Å². The summed E-state index contributed by atoms with van der Waals surface area (Å²) in [6, 6.07) is 2.70. The summed E-state index contributed by atoms with van der Waals surface area (Å²) in [5.41, 5.74) is -8.52. The predicted octanol–water partition coefficient (Wildman–Crippen LogP) is -2.26. The van der Waals surface area contributed by atoms with Crippen LogP contribution in [0.1, 0.15) is 24.8 Å². The number of nitro benzene ring substituents is 1. The highest BCUT2D eigenvalue weighted by Gasteiger charge is 2.69. The van der Waals surface area contributed by atoms with Gasteiger partial charge >= 0.3 is 0 Å². The third-order valence-electron chi connectivity index (χ3n) is 5.13. The highest BCUT2D eigenvalue weighted by Crippen LogP contribution is 2.44. The van der Waals surface area contributed by atoms with Gasteiger partial charge in [0, 0.05) is 18.6 Å². The van der Waals surface area contributed by atoms with E-state index in [1.54, 1.807) is 0 Å². The van der Waals surface area contributed by atoms with Crippen molar-refractivity contribution in [1.29, 1.82) is 0 Å². The molecule has 3 rings (SSSR count). The Morgan fingerprint density at radius 3 is 2.19 bits per heavy atom. The Bertz CT molecular complexity index is 843. The Morgan fingerprint density at radius 1 is 1.13 bits per heavy atom.